The summed E-state index contributed by atoms with van der Waals surface area (Å²) in [4.78, 5) is 11.7. The predicted octanol–water partition coefficient (Wildman–Crippen LogP) is 2.57. The first kappa shape index (κ1) is 16.9. The van der Waals surface area contributed by atoms with Gasteiger partial charge in [-0.25, -0.2) is 0 Å². The Bertz CT molecular complexity index is 623. The Balaban J connectivity index is 1.81. The number of aliphatic hydroxyl groups is 1. The van der Waals surface area contributed by atoms with Crippen molar-refractivity contribution in [3.63, 3.8) is 0 Å². The third-order valence-corrected chi connectivity index (χ3v) is 2.89. The molecule has 124 valence electrons. The minimum Gasteiger partial charge on any atom is -0.467 e. The summed E-state index contributed by atoms with van der Waals surface area (Å²) in [6.45, 7) is -0.0262. The Morgan fingerprint density at radius 2 is 1.96 bits per heavy atom. The number of hydrogen-bond donors (Lipinski definition) is 2. The number of aliphatic hydroxyl groups excluding tert-OH is 1. The van der Waals surface area contributed by atoms with Crippen LogP contribution in [0.3, 0.4) is 0 Å². The van der Waals surface area contributed by atoms with Crippen molar-refractivity contribution in [2.75, 3.05) is 6.54 Å². The number of amides is 1. The number of halogens is 3. The van der Waals surface area contributed by atoms with Crippen molar-refractivity contribution in [2.24, 2.45) is 0 Å². The fourth-order valence-corrected chi connectivity index (χ4v) is 1.85. The zero-order valence-corrected chi connectivity index (χ0v) is 11.8. The molecule has 1 amide bonds. The van der Waals surface area contributed by atoms with Gasteiger partial charge in [0.25, 0.3) is 0 Å². The second-order valence-corrected chi connectivity index (χ2v) is 4.70. The SMILES string of the molecule is O=C(Cc1ccc(OC(F)(F)F)cc1)NCC(O)c1ccco1. The van der Waals surface area contributed by atoms with Crippen LogP contribution in [0.4, 0.5) is 13.2 Å². The van der Waals surface area contributed by atoms with Gasteiger partial charge in [0.15, 0.2) is 0 Å². The van der Waals surface area contributed by atoms with E-state index >= 15 is 0 Å². The van der Waals surface area contributed by atoms with E-state index in [4.69, 9.17) is 4.42 Å². The molecule has 0 aliphatic rings. The van der Waals surface area contributed by atoms with E-state index in [2.05, 4.69) is 10.1 Å². The molecule has 23 heavy (non-hydrogen) atoms. The summed E-state index contributed by atoms with van der Waals surface area (Å²) in [5.74, 6) is -0.394. The molecule has 0 saturated heterocycles. The third kappa shape index (κ3) is 5.67. The van der Waals surface area contributed by atoms with Crippen molar-refractivity contribution < 1.29 is 32.2 Å². The molecule has 2 aromatic rings. The molecule has 1 aromatic heterocycles. The van der Waals surface area contributed by atoms with Crippen molar-refractivity contribution in [1.29, 1.82) is 0 Å². The molecule has 8 heteroatoms. The number of carbonyl (C=O) groups excluding carboxylic acids is 1. The summed E-state index contributed by atoms with van der Waals surface area (Å²) in [6, 6.07) is 8.19. The van der Waals surface area contributed by atoms with Crippen molar-refractivity contribution >= 4 is 5.91 Å². The molecule has 1 unspecified atom stereocenters. The highest BCUT2D eigenvalue weighted by atomic mass is 19.4. The Hall–Kier alpha value is -2.48. The molecule has 0 fully saturated rings. The van der Waals surface area contributed by atoms with Gasteiger partial charge in [0.05, 0.1) is 19.2 Å². The van der Waals surface area contributed by atoms with E-state index in [1.54, 1.807) is 12.1 Å². The van der Waals surface area contributed by atoms with Crippen LogP contribution in [0.25, 0.3) is 0 Å². The van der Waals surface area contributed by atoms with Gasteiger partial charge >= 0.3 is 6.36 Å². The lowest BCUT2D eigenvalue weighted by molar-refractivity contribution is -0.274. The van der Waals surface area contributed by atoms with Gasteiger partial charge in [0.2, 0.25) is 5.91 Å². The Kier molecular flexibility index (Phi) is 5.28. The van der Waals surface area contributed by atoms with E-state index in [0.717, 1.165) is 12.1 Å². The minimum absolute atomic E-state index is 0.0262. The summed E-state index contributed by atoms with van der Waals surface area (Å²) >= 11 is 0. The first-order valence-corrected chi connectivity index (χ1v) is 6.66. The van der Waals surface area contributed by atoms with Crippen LogP contribution in [0.5, 0.6) is 5.75 Å². The Labute approximate surface area is 129 Å². The monoisotopic (exact) mass is 329 g/mol. The standard InChI is InChI=1S/C15H14F3NO4/c16-15(17,18)23-11-5-3-10(4-6-11)8-14(21)19-9-12(20)13-2-1-7-22-13/h1-7,12,20H,8-9H2,(H,19,21). The molecule has 0 radical (unpaired) electrons. The fraction of sp³-hybridized carbons (Fsp3) is 0.267. The zero-order valence-electron chi connectivity index (χ0n) is 11.8. The number of alkyl halides is 3. The van der Waals surface area contributed by atoms with Crippen LogP contribution in [0.15, 0.2) is 47.1 Å². The van der Waals surface area contributed by atoms with Crippen LogP contribution in [0.1, 0.15) is 17.4 Å². The number of nitrogens with one attached hydrogen (secondary N) is 1. The Morgan fingerprint density at radius 1 is 1.26 bits per heavy atom. The number of benzene rings is 1. The van der Waals surface area contributed by atoms with Crippen molar-refractivity contribution in [1.82, 2.24) is 5.32 Å². The molecule has 0 saturated carbocycles. The van der Waals surface area contributed by atoms with Crippen LogP contribution in [0, 0.1) is 0 Å². The van der Waals surface area contributed by atoms with Crippen molar-refractivity contribution in [3.05, 3.63) is 54.0 Å². The third-order valence-electron chi connectivity index (χ3n) is 2.89. The molecule has 0 aliphatic carbocycles. The van der Waals surface area contributed by atoms with Crippen LogP contribution < -0.4 is 10.1 Å². The van der Waals surface area contributed by atoms with Gasteiger partial charge in [0.1, 0.15) is 17.6 Å². The topological polar surface area (TPSA) is 71.7 Å². The van der Waals surface area contributed by atoms with Crippen LogP contribution in [0.2, 0.25) is 0 Å². The molecular formula is C15H14F3NO4. The Morgan fingerprint density at radius 3 is 2.52 bits per heavy atom. The van der Waals surface area contributed by atoms with E-state index in [9.17, 15) is 23.1 Å². The highest BCUT2D eigenvalue weighted by Crippen LogP contribution is 2.22. The van der Waals surface area contributed by atoms with E-state index in [0.29, 0.717) is 11.3 Å². The minimum atomic E-state index is -4.75. The molecule has 1 heterocycles. The molecule has 1 atom stereocenters. The lowest BCUT2D eigenvalue weighted by Gasteiger charge is -2.11. The van der Waals surface area contributed by atoms with Crippen LogP contribution in [-0.2, 0) is 11.2 Å². The molecule has 2 N–H and O–H groups in total. The van der Waals surface area contributed by atoms with E-state index in [1.807, 2.05) is 0 Å². The number of carbonyl (C=O) groups is 1. The molecular weight excluding hydrogens is 315 g/mol. The van der Waals surface area contributed by atoms with E-state index in [-0.39, 0.29) is 24.6 Å². The quantitative estimate of drug-likeness (QED) is 0.854. The normalized spacial score (nSPS) is 12.7. The summed E-state index contributed by atoms with van der Waals surface area (Å²) < 4.78 is 44.8. The van der Waals surface area contributed by atoms with Gasteiger partial charge in [-0.2, -0.15) is 0 Å². The fourth-order valence-electron chi connectivity index (χ4n) is 1.85. The first-order valence-electron chi connectivity index (χ1n) is 6.66. The highest BCUT2D eigenvalue weighted by Gasteiger charge is 2.30. The molecule has 2 rings (SSSR count). The molecule has 0 spiro atoms. The number of ether oxygens (including phenoxy) is 1. The van der Waals surface area contributed by atoms with Gasteiger partial charge in [-0.1, -0.05) is 12.1 Å². The smallest absolute Gasteiger partial charge is 0.467 e. The molecule has 5 nitrogen and oxygen atoms in total. The first-order chi connectivity index (χ1) is 10.8. The highest BCUT2D eigenvalue weighted by molar-refractivity contribution is 5.78. The lowest BCUT2D eigenvalue weighted by Crippen LogP contribution is -2.29. The largest absolute Gasteiger partial charge is 0.573 e. The van der Waals surface area contributed by atoms with Gasteiger partial charge < -0.3 is 19.6 Å². The number of hydrogen-bond acceptors (Lipinski definition) is 4. The number of rotatable bonds is 6. The van der Waals surface area contributed by atoms with Crippen LogP contribution >= 0.6 is 0 Å². The zero-order chi connectivity index (χ0) is 16.9. The van der Waals surface area contributed by atoms with Gasteiger partial charge in [0, 0.05) is 0 Å². The predicted molar refractivity (Wildman–Crippen MR) is 73.5 cm³/mol. The summed E-state index contributed by atoms with van der Waals surface area (Å²) in [5.41, 5.74) is 0.518. The van der Waals surface area contributed by atoms with Crippen LogP contribution in [-0.4, -0.2) is 23.9 Å². The summed E-state index contributed by atoms with van der Waals surface area (Å²) in [5, 5.41) is 12.2. The van der Waals surface area contributed by atoms with Crippen molar-refractivity contribution in [2.45, 2.75) is 18.9 Å². The number of furan rings is 1. The second-order valence-electron chi connectivity index (χ2n) is 4.70. The van der Waals surface area contributed by atoms with E-state index < -0.39 is 12.5 Å². The van der Waals surface area contributed by atoms with E-state index in [1.165, 1.54) is 18.4 Å². The second kappa shape index (κ2) is 7.19. The summed E-state index contributed by atoms with van der Waals surface area (Å²) in [7, 11) is 0. The lowest BCUT2D eigenvalue weighted by atomic mass is 10.1. The van der Waals surface area contributed by atoms with Gasteiger partial charge in [-0.15, -0.1) is 13.2 Å². The molecule has 1 aromatic carbocycles. The maximum absolute atomic E-state index is 12.0. The average Bonchev–Trinajstić information content (AvgIpc) is 2.99. The maximum atomic E-state index is 12.0. The van der Waals surface area contributed by atoms with Crippen molar-refractivity contribution in [3.8, 4) is 5.75 Å². The summed E-state index contributed by atoms with van der Waals surface area (Å²) in [6.07, 6.45) is -4.33. The maximum Gasteiger partial charge on any atom is 0.573 e. The molecule has 0 aliphatic heterocycles. The van der Waals surface area contributed by atoms with Gasteiger partial charge in [-0.05, 0) is 29.8 Å². The average molecular weight is 329 g/mol. The van der Waals surface area contributed by atoms with Gasteiger partial charge in [-0.3, -0.25) is 4.79 Å². The molecule has 0 bridgehead atoms.